The molecule has 0 saturated heterocycles. The third kappa shape index (κ3) is 7.89. The highest BCUT2D eigenvalue weighted by Crippen LogP contribution is 2.41. The molecule has 166 valence electrons. The van der Waals surface area contributed by atoms with Crippen LogP contribution in [0.5, 0.6) is 0 Å². The lowest BCUT2D eigenvalue weighted by Crippen LogP contribution is -2.43. The molecule has 0 N–H and O–H groups in total. The van der Waals surface area contributed by atoms with Gasteiger partial charge in [-0.05, 0) is 75.2 Å². The predicted molar refractivity (Wildman–Crippen MR) is 134 cm³/mol. The minimum atomic E-state index is -1.97. The molecule has 1 aliphatic carbocycles. The lowest BCUT2D eigenvalue weighted by molar-refractivity contribution is 0.273. The molecule has 0 saturated carbocycles. The number of nitrogens with zero attached hydrogens (tertiary/aromatic N) is 1. The molecule has 0 heterocycles. The van der Waals surface area contributed by atoms with Gasteiger partial charge < -0.3 is 4.43 Å². The molecular weight excluding hydrogens is 382 g/mol. The molecular formula is C27H43NOSi. The van der Waals surface area contributed by atoms with E-state index in [9.17, 15) is 5.26 Å². The van der Waals surface area contributed by atoms with Crippen LogP contribution in [-0.2, 0) is 4.43 Å². The Morgan fingerprint density at radius 2 is 1.80 bits per heavy atom. The second kappa shape index (κ2) is 10.6. The molecule has 0 radical (unpaired) electrons. The SMILES string of the molecule is CC1=C(/C=C/C(C)=C/C=C/C(C)=C/C(C#N)O[Si](C)(C)C(C)(C)C)C(C)(C)CCC1. The van der Waals surface area contributed by atoms with Crippen molar-refractivity contribution >= 4 is 8.32 Å². The summed E-state index contributed by atoms with van der Waals surface area (Å²) in [5, 5.41) is 9.62. The van der Waals surface area contributed by atoms with E-state index in [2.05, 4.69) is 91.9 Å². The number of nitriles is 1. The quantitative estimate of drug-likeness (QED) is 0.303. The van der Waals surface area contributed by atoms with E-state index < -0.39 is 14.4 Å². The summed E-state index contributed by atoms with van der Waals surface area (Å²) in [4.78, 5) is 0. The molecule has 1 aliphatic rings. The van der Waals surface area contributed by atoms with Gasteiger partial charge in [0.2, 0.25) is 0 Å². The van der Waals surface area contributed by atoms with Crippen molar-refractivity contribution in [3.05, 3.63) is 58.7 Å². The molecule has 0 spiro atoms. The van der Waals surface area contributed by atoms with Crippen molar-refractivity contribution in [3.8, 4) is 6.07 Å². The standard InChI is InChI=1S/C27H43NOSi/c1-21(16-17-25-23(3)15-12-18-27(25,7)8)13-11-14-22(2)19-24(20-28)29-30(9,10)26(4,5)6/h11,13-14,16-17,19,24H,12,15,18H2,1-10H3/b14-11+,17-16+,21-13+,22-19+. The summed E-state index contributed by atoms with van der Waals surface area (Å²) in [5.41, 5.74) is 5.54. The summed E-state index contributed by atoms with van der Waals surface area (Å²) in [7, 11) is -1.97. The molecule has 0 aromatic carbocycles. The van der Waals surface area contributed by atoms with Crippen molar-refractivity contribution in [2.45, 2.75) is 98.9 Å². The van der Waals surface area contributed by atoms with Gasteiger partial charge in [0, 0.05) is 0 Å². The molecule has 0 aromatic heterocycles. The minimum absolute atomic E-state index is 0.0898. The Labute approximate surface area is 187 Å². The summed E-state index contributed by atoms with van der Waals surface area (Å²) >= 11 is 0. The van der Waals surface area contributed by atoms with E-state index in [1.807, 2.05) is 19.1 Å². The summed E-state index contributed by atoms with van der Waals surface area (Å²) in [6.07, 6.45) is 15.9. The summed E-state index contributed by atoms with van der Waals surface area (Å²) < 4.78 is 6.22. The fourth-order valence-electron chi connectivity index (χ4n) is 3.52. The van der Waals surface area contributed by atoms with Gasteiger partial charge in [-0.15, -0.1) is 0 Å². The second-order valence-electron chi connectivity index (χ2n) is 10.9. The van der Waals surface area contributed by atoms with Crippen LogP contribution in [0.25, 0.3) is 0 Å². The summed E-state index contributed by atoms with van der Waals surface area (Å²) in [6.45, 7) is 22.0. The van der Waals surface area contributed by atoms with Crippen molar-refractivity contribution in [2.75, 3.05) is 0 Å². The fourth-order valence-corrected chi connectivity index (χ4v) is 4.63. The molecule has 1 atom stereocenters. The van der Waals surface area contributed by atoms with Crippen molar-refractivity contribution in [1.82, 2.24) is 0 Å². The van der Waals surface area contributed by atoms with Gasteiger partial charge in [-0.3, -0.25) is 0 Å². The Kier molecular flexibility index (Phi) is 9.33. The van der Waals surface area contributed by atoms with Gasteiger partial charge in [-0.25, -0.2) is 0 Å². The maximum atomic E-state index is 9.53. The van der Waals surface area contributed by atoms with Crippen LogP contribution in [0.4, 0.5) is 0 Å². The first kappa shape index (κ1) is 26.4. The second-order valence-corrected chi connectivity index (χ2v) is 15.6. The first-order valence-corrected chi connectivity index (χ1v) is 14.1. The molecule has 0 bridgehead atoms. The average molecular weight is 426 g/mol. The molecule has 0 amide bonds. The zero-order valence-corrected chi connectivity index (χ0v) is 22.0. The number of allylic oxidation sites excluding steroid dienone is 9. The fraction of sp³-hybridized carbons (Fsp3) is 0.593. The van der Waals surface area contributed by atoms with Crippen LogP contribution in [0.3, 0.4) is 0 Å². The summed E-state index contributed by atoms with van der Waals surface area (Å²) in [5.74, 6) is 0. The Hall–Kier alpha value is -1.63. The van der Waals surface area contributed by atoms with Crippen molar-refractivity contribution in [1.29, 1.82) is 5.26 Å². The predicted octanol–water partition coefficient (Wildman–Crippen LogP) is 8.43. The normalized spacial score (nSPS) is 20.2. The number of hydrogen-bond donors (Lipinski definition) is 0. The lowest BCUT2D eigenvalue weighted by Gasteiger charge is -2.37. The molecule has 1 unspecified atom stereocenters. The Morgan fingerprint density at radius 3 is 2.33 bits per heavy atom. The smallest absolute Gasteiger partial charge is 0.194 e. The molecule has 2 nitrogen and oxygen atoms in total. The number of hydrogen-bond acceptors (Lipinski definition) is 2. The molecule has 1 rings (SSSR count). The maximum absolute atomic E-state index is 9.53. The van der Waals surface area contributed by atoms with Crippen molar-refractivity contribution < 1.29 is 4.43 Å². The summed E-state index contributed by atoms with van der Waals surface area (Å²) in [6, 6.07) is 2.30. The van der Waals surface area contributed by atoms with E-state index >= 15 is 0 Å². The highest BCUT2D eigenvalue weighted by atomic mass is 28.4. The highest BCUT2D eigenvalue weighted by Gasteiger charge is 2.38. The van der Waals surface area contributed by atoms with Crippen LogP contribution in [0.2, 0.25) is 18.1 Å². The van der Waals surface area contributed by atoms with Crippen molar-refractivity contribution in [2.24, 2.45) is 5.41 Å². The van der Waals surface area contributed by atoms with E-state index in [1.165, 1.54) is 36.0 Å². The van der Waals surface area contributed by atoms with E-state index in [4.69, 9.17) is 4.43 Å². The molecule has 30 heavy (non-hydrogen) atoms. The van der Waals surface area contributed by atoms with Gasteiger partial charge in [-0.2, -0.15) is 5.26 Å². The lowest BCUT2D eigenvalue weighted by atomic mass is 9.72. The van der Waals surface area contributed by atoms with Crippen molar-refractivity contribution in [3.63, 3.8) is 0 Å². The first-order chi connectivity index (χ1) is 13.7. The minimum Gasteiger partial charge on any atom is -0.398 e. The highest BCUT2D eigenvalue weighted by molar-refractivity contribution is 6.74. The third-order valence-corrected chi connectivity index (χ3v) is 11.0. The van der Waals surface area contributed by atoms with Gasteiger partial charge in [0.15, 0.2) is 14.4 Å². The van der Waals surface area contributed by atoms with Gasteiger partial charge in [-0.1, -0.05) is 81.7 Å². The zero-order valence-electron chi connectivity index (χ0n) is 21.0. The monoisotopic (exact) mass is 425 g/mol. The van der Waals surface area contributed by atoms with E-state index in [-0.39, 0.29) is 10.5 Å². The third-order valence-electron chi connectivity index (χ3n) is 6.54. The maximum Gasteiger partial charge on any atom is 0.194 e. The van der Waals surface area contributed by atoms with Crippen LogP contribution < -0.4 is 0 Å². The van der Waals surface area contributed by atoms with Gasteiger partial charge >= 0.3 is 0 Å². The van der Waals surface area contributed by atoms with Crippen LogP contribution in [-0.4, -0.2) is 14.4 Å². The Balaban J connectivity index is 2.83. The Bertz CT molecular complexity index is 792. The van der Waals surface area contributed by atoms with E-state index in [0.29, 0.717) is 0 Å². The largest absolute Gasteiger partial charge is 0.398 e. The van der Waals surface area contributed by atoms with E-state index in [1.54, 1.807) is 0 Å². The zero-order chi connectivity index (χ0) is 23.2. The molecule has 0 aliphatic heterocycles. The van der Waals surface area contributed by atoms with Gasteiger partial charge in [0.05, 0.1) is 6.07 Å². The van der Waals surface area contributed by atoms with Crippen LogP contribution in [0, 0.1) is 16.7 Å². The molecule has 0 fully saturated rings. The van der Waals surface area contributed by atoms with Gasteiger partial charge in [0.1, 0.15) is 0 Å². The average Bonchev–Trinajstić information content (AvgIpc) is 2.58. The molecule has 3 heteroatoms. The molecule has 0 aromatic rings. The van der Waals surface area contributed by atoms with Gasteiger partial charge in [0.25, 0.3) is 0 Å². The number of rotatable bonds is 7. The van der Waals surface area contributed by atoms with Crippen LogP contribution >= 0.6 is 0 Å². The topological polar surface area (TPSA) is 33.0 Å². The van der Waals surface area contributed by atoms with Crippen LogP contribution in [0.1, 0.15) is 74.7 Å². The van der Waals surface area contributed by atoms with Crippen LogP contribution in [0.15, 0.2) is 58.7 Å². The Morgan fingerprint density at radius 1 is 1.17 bits per heavy atom. The van der Waals surface area contributed by atoms with E-state index in [0.717, 1.165) is 5.57 Å². The first-order valence-electron chi connectivity index (χ1n) is 11.2.